The van der Waals surface area contributed by atoms with E-state index in [1.165, 1.54) is 186 Å². The number of rotatable bonds is 55. The third-order valence-electron chi connectivity index (χ3n) is 13.3. The monoisotopic (exact) mass is 979 g/mol. The van der Waals surface area contributed by atoms with Crippen LogP contribution in [0.4, 0.5) is 0 Å². The summed E-state index contributed by atoms with van der Waals surface area (Å²) < 4.78 is 16.9. The number of carbonyl (C=O) groups excluding carboxylic acids is 3. The van der Waals surface area contributed by atoms with Gasteiger partial charge in [0.2, 0.25) is 0 Å². The van der Waals surface area contributed by atoms with Crippen molar-refractivity contribution in [1.82, 2.24) is 0 Å². The normalized spacial score (nSPS) is 12.4. The smallest absolute Gasteiger partial charge is 0.306 e. The van der Waals surface area contributed by atoms with Gasteiger partial charge in [-0.15, -0.1) is 0 Å². The molecule has 0 aliphatic heterocycles. The predicted molar refractivity (Wildman–Crippen MR) is 302 cm³/mol. The van der Waals surface area contributed by atoms with Crippen molar-refractivity contribution in [2.45, 2.75) is 316 Å². The molecule has 1 atom stereocenters. The van der Waals surface area contributed by atoms with E-state index in [1.54, 1.807) is 0 Å². The van der Waals surface area contributed by atoms with Crippen molar-refractivity contribution in [3.8, 4) is 0 Å². The lowest BCUT2D eigenvalue weighted by atomic mass is 10.0. The van der Waals surface area contributed by atoms with Crippen molar-refractivity contribution in [2.75, 3.05) is 13.2 Å². The maximum absolute atomic E-state index is 12.9. The van der Waals surface area contributed by atoms with E-state index >= 15 is 0 Å². The molecule has 0 aliphatic carbocycles. The fraction of sp³-hybridized carbons (Fsp3) is 0.797. The first kappa shape index (κ1) is 67.1. The molecule has 0 bridgehead atoms. The first-order valence-electron chi connectivity index (χ1n) is 30.3. The number of unbranched alkanes of at least 4 members (excludes halogenated alkanes) is 34. The maximum atomic E-state index is 12.9. The number of hydrogen-bond donors (Lipinski definition) is 0. The second-order valence-electron chi connectivity index (χ2n) is 20.2. The first-order chi connectivity index (χ1) is 34.5. The Labute approximate surface area is 434 Å². The Morgan fingerprint density at radius 1 is 0.300 bits per heavy atom. The zero-order chi connectivity index (χ0) is 50.7. The second kappa shape index (κ2) is 58.7. The van der Waals surface area contributed by atoms with Crippen LogP contribution in [0.25, 0.3) is 0 Å². The number of hydrogen-bond acceptors (Lipinski definition) is 6. The zero-order valence-corrected chi connectivity index (χ0v) is 46.5. The van der Waals surface area contributed by atoms with Crippen molar-refractivity contribution in [3.63, 3.8) is 0 Å². The van der Waals surface area contributed by atoms with Gasteiger partial charge in [0.25, 0.3) is 0 Å². The Bertz CT molecular complexity index is 1260. The van der Waals surface area contributed by atoms with Crippen molar-refractivity contribution >= 4 is 17.9 Å². The topological polar surface area (TPSA) is 78.9 Å². The van der Waals surface area contributed by atoms with Gasteiger partial charge in [0.05, 0.1) is 0 Å². The van der Waals surface area contributed by atoms with E-state index in [0.717, 1.165) is 83.5 Å². The minimum atomic E-state index is -0.774. The summed E-state index contributed by atoms with van der Waals surface area (Å²) >= 11 is 0. The SMILES string of the molecule is CC/C=C\C/C=C\C/C=C\C/C=C\CCCCCCCCCCCCC(=O)OCC(COC(=O)CCCCCCCCCCCC)OC(=O)CCCCCCCCCCC/C=C\CCCCCCCC. The van der Waals surface area contributed by atoms with Crippen LogP contribution in [0.2, 0.25) is 0 Å². The first-order valence-corrected chi connectivity index (χ1v) is 30.3. The van der Waals surface area contributed by atoms with Crippen LogP contribution in [-0.2, 0) is 28.6 Å². The molecule has 6 nitrogen and oxygen atoms in total. The summed E-state index contributed by atoms with van der Waals surface area (Å²) in [4.78, 5) is 38.2. The third-order valence-corrected chi connectivity index (χ3v) is 13.3. The molecule has 406 valence electrons. The molecule has 70 heavy (non-hydrogen) atoms. The van der Waals surface area contributed by atoms with Gasteiger partial charge in [-0.3, -0.25) is 14.4 Å². The molecule has 1 unspecified atom stereocenters. The average molecular weight is 980 g/mol. The summed E-state index contributed by atoms with van der Waals surface area (Å²) in [5.74, 6) is -0.867. The van der Waals surface area contributed by atoms with Crippen molar-refractivity contribution in [2.24, 2.45) is 0 Å². The summed E-state index contributed by atoms with van der Waals surface area (Å²) in [6, 6.07) is 0. The summed E-state index contributed by atoms with van der Waals surface area (Å²) in [5.41, 5.74) is 0. The van der Waals surface area contributed by atoms with E-state index in [-0.39, 0.29) is 31.1 Å². The molecule has 0 heterocycles. The molecule has 0 saturated heterocycles. The minimum Gasteiger partial charge on any atom is -0.462 e. The van der Waals surface area contributed by atoms with E-state index in [4.69, 9.17) is 14.2 Å². The van der Waals surface area contributed by atoms with Crippen LogP contribution in [0.3, 0.4) is 0 Å². The van der Waals surface area contributed by atoms with E-state index < -0.39 is 6.10 Å². The van der Waals surface area contributed by atoms with Gasteiger partial charge in [-0.25, -0.2) is 0 Å². The highest BCUT2D eigenvalue weighted by Gasteiger charge is 2.19. The number of allylic oxidation sites excluding steroid dienone is 10. The fourth-order valence-corrected chi connectivity index (χ4v) is 8.72. The average Bonchev–Trinajstić information content (AvgIpc) is 3.36. The molecule has 0 saturated carbocycles. The largest absolute Gasteiger partial charge is 0.462 e. The zero-order valence-electron chi connectivity index (χ0n) is 46.5. The molecular weight excluding hydrogens is 865 g/mol. The summed E-state index contributed by atoms with van der Waals surface area (Å²) in [6.45, 7) is 6.54. The molecule has 0 amide bonds. The molecule has 0 aromatic heterocycles. The van der Waals surface area contributed by atoms with Gasteiger partial charge in [0.1, 0.15) is 13.2 Å². The lowest BCUT2D eigenvalue weighted by molar-refractivity contribution is -0.167. The van der Waals surface area contributed by atoms with Gasteiger partial charge in [-0.2, -0.15) is 0 Å². The highest BCUT2D eigenvalue weighted by atomic mass is 16.6. The molecule has 0 aliphatic rings. The Morgan fingerprint density at radius 2 is 0.557 bits per heavy atom. The molecule has 6 heteroatoms. The molecule has 0 spiro atoms. The Hall–Kier alpha value is -2.89. The van der Waals surface area contributed by atoms with Crippen LogP contribution in [-0.4, -0.2) is 37.2 Å². The van der Waals surface area contributed by atoms with Gasteiger partial charge in [0, 0.05) is 19.3 Å². The van der Waals surface area contributed by atoms with Crippen molar-refractivity contribution in [3.05, 3.63) is 60.8 Å². The minimum absolute atomic E-state index is 0.0730. The molecule has 0 aromatic rings. The second-order valence-corrected chi connectivity index (χ2v) is 20.2. The highest BCUT2D eigenvalue weighted by molar-refractivity contribution is 5.71. The van der Waals surface area contributed by atoms with Crippen molar-refractivity contribution in [1.29, 1.82) is 0 Å². The van der Waals surface area contributed by atoms with Crippen LogP contribution >= 0.6 is 0 Å². The predicted octanol–water partition coefficient (Wildman–Crippen LogP) is 20.4. The summed E-state index contributed by atoms with van der Waals surface area (Å²) in [6.07, 6.45) is 73.6. The van der Waals surface area contributed by atoms with Gasteiger partial charge in [-0.1, -0.05) is 268 Å². The van der Waals surface area contributed by atoms with Crippen LogP contribution in [0, 0.1) is 0 Å². The van der Waals surface area contributed by atoms with Crippen molar-refractivity contribution < 1.29 is 28.6 Å². The molecule has 0 N–H and O–H groups in total. The van der Waals surface area contributed by atoms with E-state index in [2.05, 4.69) is 81.5 Å². The van der Waals surface area contributed by atoms with Gasteiger partial charge in [-0.05, 0) is 83.5 Å². The van der Waals surface area contributed by atoms with E-state index in [9.17, 15) is 14.4 Å². The van der Waals surface area contributed by atoms with Gasteiger partial charge >= 0.3 is 17.9 Å². The highest BCUT2D eigenvalue weighted by Crippen LogP contribution is 2.16. The summed E-state index contributed by atoms with van der Waals surface area (Å²) in [5, 5.41) is 0. The quantitative estimate of drug-likeness (QED) is 0.0261. The number of carbonyl (C=O) groups is 3. The van der Waals surface area contributed by atoms with Crippen LogP contribution < -0.4 is 0 Å². The Kier molecular flexibility index (Phi) is 56.3. The third kappa shape index (κ3) is 56.0. The maximum Gasteiger partial charge on any atom is 0.306 e. The van der Waals surface area contributed by atoms with E-state index in [0.29, 0.717) is 19.3 Å². The molecule has 0 fully saturated rings. The number of ether oxygens (including phenoxy) is 3. The standard InChI is InChI=1S/C64H114O6/c1-4-7-10-13-16-19-22-24-26-28-30-31-32-33-35-36-38-40-42-45-48-51-54-57-63(66)69-60-61(59-68-62(65)56-53-50-47-44-21-18-15-12-9-6-3)70-64(67)58-55-52-49-46-43-41-39-37-34-29-27-25-23-20-17-14-11-8-5-2/h7,10,16,19,24-27,30-31,61H,4-6,8-9,11-15,17-18,20-23,28-29,32-60H2,1-3H3/b10-7-,19-16-,26-24-,27-25-,31-30-. The van der Waals surface area contributed by atoms with Gasteiger partial charge in [0.15, 0.2) is 6.10 Å². The van der Waals surface area contributed by atoms with E-state index in [1.807, 2.05) is 0 Å². The van der Waals surface area contributed by atoms with Crippen LogP contribution in [0.5, 0.6) is 0 Å². The number of esters is 3. The van der Waals surface area contributed by atoms with Gasteiger partial charge < -0.3 is 14.2 Å². The lowest BCUT2D eigenvalue weighted by Crippen LogP contribution is -2.30. The molecule has 0 rings (SSSR count). The summed E-state index contributed by atoms with van der Waals surface area (Å²) in [7, 11) is 0. The Balaban J connectivity index is 4.26. The van der Waals surface area contributed by atoms with Crippen LogP contribution in [0.15, 0.2) is 60.8 Å². The lowest BCUT2D eigenvalue weighted by Gasteiger charge is -2.18. The molecule has 0 radical (unpaired) electrons. The Morgan fingerprint density at radius 3 is 0.886 bits per heavy atom. The molecule has 0 aromatic carbocycles. The molecular formula is C64H114O6. The van der Waals surface area contributed by atoms with Crippen LogP contribution in [0.1, 0.15) is 310 Å². The fourth-order valence-electron chi connectivity index (χ4n) is 8.72.